The molecule has 0 fully saturated rings. The molecule has 0 heterocycles. The summed E-state index contributed by atoms with van der Waals surface area (Å²) in [6.07, 6.45) is 3.35. The Balaban J connectivity index is 3.20. The highest BCUT2D eigenvalue weighted by atomic mass is 19.1. The lowest BCUT2D eigenvalue weighted by Crippen LogP contribution is -2.26. The molecule has 0 spiro atoms. The van der Waals surface area contributed by atoms with Crippen molar-refractivity contribution in [3.8, 4) is 0 Å². The number of allylic oxidation sites excluding steroid dienone is 5. The van der Waals surface area contributed by atoms with Crippen LogP contribution >= 0.6 is 0 Å². The fraction of sp³-hybridized carbons (Fsp3) is 0.444. The fourth-order valence-electron chi connectivity index (χ4n) is 2.56. The second-order valence-electron chi connectivity index (χ2n) is 5.52. The molecule has 2 unspecified atom stereocenters. The average Bonchev–Trinajstić information content (AvgIpc) is 2.54. The summed E-state index contributed by atoms with van der Waals surface area (Å²) in [4.78, 5) is 1.85. The van der Waals surface area contributed by atoms with Gasteiger partial charge in [0.2, 0.25) is 0 Å². The van der Waals surface area contributed by atoms with Crippen molar-refractivity contribution in [1.82, 2.24) is 15.5 Å². The zero-order valence-corrected chi connectivity index (χ0v) is 14.4. The molecule has 0 saturated heterocycles. The standard InChI is InChI=1S/C18H27F2N3/c1-7-23(6)18(22-5)16(13(3)21-4)11-14-8-9-17(20)15(10-14)12(2)19/h7-8,10,12,17,21-22H,1,3,9,11H2,2,4-6H3/b18-16-. The fourth-order valence-corrected chi connectivity index (χ4v) is 2.56. The summed E-state index contributed by atoms with van der Waals surface area (Å²) < 4.78 is 27.4. The van der Waals surface area contributed by atoms with E-state index in [1.54, 1.807) is 19.3 Å². The van der Waals surface area contributed by atoms with Crippen molar-refractivity contribution < 1.29 is 8.78 Å². The Labute approximate surface area is 138 Å². The maximum atomic E-state index is 13.8. The molecule has 0 aromatic heterocycles. The molecule has 0 radical (unpaired) electrons. The molecular formula is C18H27F2N3. The number of nitrogens with zero attached hydrogens (tertiary/aromatic N) is 1. The third-order valence-electron chi connectivity index (χ3n) is 3.96. The summed E-state index contributed by atoms with van der Waals surface area (Å²) in [5.41, 5.74) is 2.76. The van der Waals surface area contributed by atoms with Gasteiger partial charge < -0.3 is 15.5 Å². The molecule has 0 amide bonds. The lowest BCUT2D eigenvalue weighted by Gasteiger charge is -2.25. The van der Waals surface area contributed by atoms with Crippen LogP contribution in [0.4, 0.5) is 8.78 Å². The van der Waals surface area contributed by atoms with Crippen LogP contribution in [0.3, 0.4) is 0 Å². The van der Waals surface area contributed by atoms with Gasteiger partial charge in [-0.15, -0.1) is 0 Å². The molecule has 3 nitrogen and oxygen atoms in total. The first kappa shape index (κ1) is 19.0. The van der Waals surface area contributed by atoms with Gasteiger partial charge in [-0.05, 0) is 24.3 Å². The average molecular weight is 323 g/mol. The molecule has 2 N–H and O–H groups in total. The van der Waals surface area contributed by atoms with Gasteiger partial charge >= 0.3 is 0 Å². The molecule has 0 saturated carbocycles. The van der Waals surface area contributed by atoms with Crippen molar-refractivity contribution in [1.29, 1.82) is 0 Å². The highest BCUT2D eigenvalue weighted by Crippen LogP contribution is 2.30. The van der Waals surface area contributed by atoms with Gasteiger partial charge in [-0.25, -0.2) is 8.78 Å². The molecule has 1 rings (SSSR count). The molecule has 2 atom stereocenters. The Morgan fingerprint density at radius 2 is 2.13 bits per heavy atom. The maximum absolute atomic E-state index is 13.8. The van der Waals surface area contributed by atoms with Gasteiger partial charge in [-0.1, -0.05) is 25.3 Å². The minimum atomic E-state index is -1.28. The molecule has 23 heavy (non-hydrogen) atoms. The van der Waals surface area contributed by atoms with E-state index >= 15 is 0 Å². The van der Waals surface area contributed by atoms with Crippen LogP contribution in [-0.2, 0) is 0 Å². The van der Waals surface area contributed by atoms with E-state index in [0.29, 0.717) is 6.42 Å². The van der Waals surface area contributed by atoms with Gasteiger partial charge in [-0.3, -0.25) is 0 Å². The molecule has 128 valence electrons. The first-order valence-electron chi connectivity index (χ1n) is 7.67. The highest BCUT2D eigenvalue weighted by molar-refractivity contribution is 5.41. The lowest BCUT2D eigenvalue weighted by atomic mass is 9.91. The van der Waals surface area contributed by atoms with E-state index in [4.69, 9.17) is 0 Å². The number of nitrogens with one attached hydrogen (secondary N) is 2. The van der Waals surface area contributed by atoms with E-state index in [2.05, 4.69) is 23.8 Å². The summed E-state index contributed by atoms with van der Waals surface area (Å²) in [5, 5.41) is 6.18. The zero-order chi connectivity index (χ0) is 17.6. The summed E-state index contributed by atoms with van der Waals surface area (Å²) in [6, 6.07) is 0. The quantitative estimate of drug-likeness (QED) is 0.669. The van der Waals surface area contributed by atoms with Crippen molar-refractivity contribution in [2.24, 2.45) is 0 Å². The molecule has 0 aromatic carbocycles. The van der Waals surface area contributed by atoms with Crippen LogP contribution in [0.5, 0.6) is 0 Å². The van der Waals surface area contributed by atoms with E-state index in [-0.39, 0.29) is 12.0 Å². The Morgan fingerprint density at radius 1 is 1.48 bits per heavy atom. The topological polar surface area (TPSA) is 27.3 Å². The third kappa shape index (κ3) is 4.71. The van der Waals surface area contributed by atoms with Crippen LogP contribution in [0, 0.1) is 0 Å². The van der Waals surface area contributed by atoms with Crippen molar-refractivity contribution in [3.63, 3.8) is 0 Å². The van der Waals surface area contributed by atoms with Gasteiger partial charge in [0.25, 0.3) is 0 Å². The van der Waals surface area contributed by atoms with Crippen LogP contribution in [-0.4, -0.2) is 38.4 Å². The second-order valence-corrected chi connectivity index (χ2v) is 5.52. The normalized spacial score (nSPS) is 19.8. The predicted octanol–water partition coefficient (Wildman–Crippen LogP) is 3.57. The largest absolute Gasteiger partial charge is 0.388 e. The van der Waals surface area contributed by atoms with Crippen LogP contribution in [0.15, 0.2) is 59.7 Å². The number of rotatable bonds is 8. The second kappa shape index (κ2) is 8.56. The van der Waals surface area contributed by atoms with E-state index < -0.39 is 12.3 Å². The molecule has 1 aliphatic rings. The van der Waals surface area contributed by atoms with Crippen molar-refractivity contribution >= 4 is 0 Å². The monoisotopic (exact) mass is 323 g/mol. The number of hydrogen-bond acceptors (Lipinski definition) is 3. The van der Waals surface area contributed by atoms with Gasteiger partial charge in [0.15, 0.2) is 0 Å². The summed E-state index contributed by atoms with van der Waals surface area (Å²) in [5.74, 6) is 0.839. The van der Waals surface area contributed by atoms with Gasteiger partial charge in [0.1, 0.15) is 18.2 Å². The Kier molecular flexibility index (Phi) is 7.07. The SMILES string of the molecule is C=CN(C)/C(NC)=C(/CC1=CCC(F)C(C(C)F)=C1)C(=C)NC. The zero-order valence-electron chi connectivity index (χ0n) is 14.4. The van der Waals surface area contributed by atoms with Crippen molar-refractivity contribution in [3.05, 3.63) is 59.7 Å². The number of hydrogen-bond donors (Lipinski definition) is 2. The third-order valence-corrected chi connectivity index (χ3v) is 3.96. The minimum Gasteiger partial charge on any atom is -0.388 e. The van der Waals surface area contributed by atoms with Crippen LogP contribution in [0.25, 0.3) is 0 Å². The molecular weight excluding hydrogens is 296 g/mol. The van der Waals surface area contributed by atoms with E-state index in [1.165, 1.54) is 6.92 Å². The number of likely N-dealkylation sites (N-methyl/N-ethyl adjacent to an activating group) is 1. The first-order valence-corrected chi connectivity index (χ1v) is 7.67. The van der Waals surface area contributed by atoms with E-state index in [0.717, 1.165) is 22.7 Å². The van der Waals surface area contributed by atoms with Gasteiger partial charge in [-0.2, -0.15) is 0 Å². The molecule has 0 aliphatic heterocycles. The Bertz CT molecular complexity index is 544. The molecule has 5 heteroatoms. The van der Waals surface area contributed by atoms with E-state index in [9.17, 15) is 8.78 Å². The maximum Gasteiger partial charge on any atom is 0.128 e. The van der Waals surface area contributed by atoms with Gasteiger partial charge in [0.05, 0.1) is 0 Å². The highest BCUT2D eigenvalue weighted by Gasteiger charge is 2.23. The molecule has 1 aliphatic carbocycles. The number of halogens is 2. The van der Waals surface area contributed by atoms with Crippen molar-refractivity contribution in [2.75, 3.05) is 21.1 Å². The van der Waals surface area contributed by atoms with Crippen LogP contribution in [0.1, 0.15) is 19.8 Å². The van der Waals surface area contributed by atoms with Gasteiger partial charge in [0, 0.05) is 45.3 Å². The number of alkyl halides is 2. The van der Waals surface area contributed by atoms with Crippen LogP contribution in [0.2, 0.25) is 0 Å². The summed E-state index contributed by atoms with van der Waals surface area (Å²) in [6.45, 7) is 9.16. The predicted molar refractivity (Wildman–Crippen MR) is 93.1 cm³/mol. The minimum absolute atomic E-state index is 0.208. The summed E-state index contributed by atoms with van der Waals surface area (Å²) >= 11 is 0. The summed E-state index contributed by atoms with van der Waals surface area (Å²) in [7, 11) is 5.48. The van der Waals surface area contributed by atoms with Crippen molar-refractivity contribution in [2.45, 2.75) is 32.1 Å². The lowest BCUT2D eigenvalue weighted by molar-refractivity contribution is 0.311. The first-order chi connectivity index (χ1) is 10.8. The molecule has 0 bridgehead atoms. The van der Waals surface area contributed by atoms with Crippen LogP contribution < -0.4 is 10.6 Å². The smallest absolute Gasteiger partial charge is 0.128 e. The Morgan fingerprint density at radius 3 is 2.61 bits per heavy atom. The molecule has 0 aromatic rings. The Hall–Kier alpha value is -2.04. The van der Waals surface area contributed by atoms with E-state index in [1.807, 2.05) is 25.1 Å².